The summed E-state index contributed by atoms with van der Waals surface area (Å²) >= 11 is 7.65. The van der Waals surface area contributed by atoms with E-state index in [2.05, 4.69) is 29.6 Å². The van der Waals surface area contributed by atoms with Gasteiger partial charge in [0, 0.05) is 16.5 Å². The monoisotopic (exact) mass is 426 g/mol. The van der Waals surface area contributed by atoms with E-state index in [0.717, 1.165) is 22.7 Å². The quantitative estimate of drug-likeness (QED) is 0.490. The third-order valence-corrected chi connectivity index (χ3v) is 6.19. The van der Waals surface area contributed by atoms with Gasteiger partial charge in [-0.3, -0.25) is 9.10 Å². The van der Waals surface area contributed by atoms with Crippen LogP contribution >= 0.6 is 23.4 Å². The van der Waals surface area contributed by atoms with E-state index in [0.29, 0.717) is 17.3 Å². The number of carbonyl (C=O) groups is 1. The van der Waals surface area contributed by atoms with Crippen molar-refractivity contribution >= 4 is 45.0 Å². The van der Waals surface area contributed by atoms with Crippen molar-refractivity contribution in [1.29, 1.82) is 0 Å². The molecular formula is C19H23ClN2O3S2. The Balaban J connectivity index is 1.81. The number of anilines is 1. The van der Waals surface area contributed by atoms with Gasteiger partial charge in [0.15, 0.2) is 0 Å². The number of nitrogens with one attached hydrogen (secondary N) is 1. The topological polar surface area (TPSA) is 66.5 Å². The fourth-order valence-electron chi connectivity index (χ4n) is 2.34. The third kappa shape index (κ3) is 7.44. The number of halogens is 1. The molecule has 0 unspecified atom stereocenters. The van der Waals surface area contributed by atoms with Crippen molar-refractivity contribution in [2.75, 3.05) is 29.4 Å². The lowest BCUT2D eigenvalue weighted by molar-refractivity contribution is -0.119. The predicted molar refractivity (Wildman–Crippen MR) is 113 cm³/mol. The van der Waals surface area contributed by atoms with Crippen LogP contribution in [0.15, 0.2) is 53.4 Å². The molecule has 0 aliphatic heterocycles. The van der Waals surface area contributed by atoms with Crippen LogP contribution in [0.5, 0.6) is 0 Å². The first-order chi connectivity index (χ1) is 12.8. The van der Waals surface area contributed by atoms with Gasteiger partial charge in [0.2, 0.25) is 15.9 Å². The second kappa shape index (κ2) is 10.0. The molecule has 146 valence electrons. The van der Waals surface area contributed by atoms with Crippen molar-refractivity contribution in [3.05, 3.63) is 59.1 Å². The molecule has 0 spiro atoms. The number of carbonyl (C=O) groups excluding carboxylic acids is 1. The minimum atomic E-state index is -3.59. The molecule has 2 aromatic carbocycles. The van der Waals surface area contributed by atoms with E-state index in [9.17, 15) is 13.2 Å². The zero-order valence-corrected chi connectivity index (χ0v) is 17.7. The number of benzene rings is 2. The van der Waals surface area contributed by atoms with Gasteiger partial charge in [-0.15, -0.1) is 11.8 Å². The molecule has 0 heterocycles. The molecule has 0 radical (unpaired) electrons. The Hall–Kier alpha value is -1.70. The van der Waals surface area contributed by atoms with Crippen molar-refractivity contribution < 1.29 is 13.2 Å². The first-order valence-corrected chi connectivity index (χ1v) is 11.7. The number of hydrogen-bond acceptors (Lipinski definition) is 4. The van der Waals surface area contributed by atoms with Crippen LogP contribution in [0.25, 0.3) is 0 Å². The molecule has 2 aromatic rings. The molecule has 0 fully saturated rings. The SMILES string of the molecule is Cc1ccc(SCCCNC(=O)CN(c2cccc(Cl)c2)S(C)(=O)=O)cc1. The summed E-state index contributed by atoms with van der Waals surface area (Å²) in [6, 6.07) is 14.7. The Bertz CT molecular complexity index is 871. The summed E-state index contributed by atoms with van der Waals surface area (Å²) in [5.41, 5.74) is 1.59. The van der Waals surface area contributed by atoms with Crippen molar-refractivity contribution in [1.82, 2.24) is 5.32 Å². The van der Waals surface area contributed by atoms with Gasteiger partial charge in [-0.05, 0) is 49.4 Å². The zero-order valence-electron chi connectivity index (χ0n) is 15.3. The third-order valence-electron chi connectivity index (χ3n) is 3.72. The van der Waals surface area contributed by atoms with Gasteiger partial charge in [-0.25, -0.2) is 8.42 Å². The second-order valence-corrected chi connectivity index (χ2v) is 9.63. The summed E-state index contributed by atoms with van der Waals surface area (Å²) in [4.78, 5) is 13.4. The maximum Gasteiger partial charge on any atom is 0.240 e. The van der Waals surface area contributed by atoms with Gasteiger partial charge in [-0.2, -0.15) is 0 Å². The Morgan fingerprint density at radius 2 is 1.89 bits per heavy atom. The Morgan fingerprint density at radius 3 is 2.52 bits per heavy atom. The molecule has 0 atom stereocenters. The number of sulfonamides is 1. The Kier molecular flexibility index (Phi) is 8.01. The van der Waals surface area contributed by atoms with E-state index in [1.165, 1.54) is 16.5 Å². The fraction of sp³-hybridized carbons (Fsp3) is 0.316. The van der Waals surface area contributed by atoms with Gasteiger partial charge in [0.05, 0.1) is 11.9 Å². The van der Waals surface area contributed by atoms with E-state index < -0.39 is 10.0 Å². The molecule has 8 heteroatoms. The lowest BCUT2D eigenvalue weighted by atomic mass is 10.2. The number of thioether (sulfide) groups is 1. The van der Waals surface area contributed by atoms with Gasteiger partial charge < -0.3 is 5.32 Å². The normalized spacial score (nSPS) is 11.2. The van der Waals surface area contributed by atoms with E-state index >= 15 is 0 Å². The number of hydrogen-bond donors (Lipinski definition) is 1. The zero-order chi connectivity index (χ0) is 19.9. The molecule has 1 amide bonds. The van der Waals surface area contributed by atoms with Crippen molar-refractivity contribution in [2.24, 2.45) is 0 Å². The van der Waals surface area contributed by atoms with Gasteiger partial charge >= 0.3 is 0 Å². The molecule has 27 heavy (non-hydrogen) atoms. The van der Waals surface area contributed by atoms with E-state index in [-0.39, 0.29) is 12.5 Å². The largest absolute Gasteiger partial charge is 0.354 e. The average molecular weight is 427 g/mol. The minimum absolute atomic E-state index is 0.274. The smallest absolute Gasteiger partial charge is 0.240 e. The van der Waals surface area contributed by atoms with Crippen molar-refractivity contribution in [3.8, 4) is 0 Å². The van der Waals surface area contributed by atoms with E-state index in [1.54, 1.807) is 30.0 Å². The maximum absolute atomic E-state index is 12.2. The van der Waals surface area contributed by atoms with E-state index in [1.807, 2.05) is 6.92 Å². The predicted octanol–water partition coefficient (Wildman–Crippen LogP) is 3.71. The lowest BCUT2D eigenvalue weighted by Gasteiger charge is -2.22. The summed E-state index contributed by atoms with van der Waals surface area (Å²) in [6.07, 6.45) is 1.86. The van der Waals surface area contributed by atoms with E-state index in [4.69, 9.17) is 11.6 Å². The number of nitrogens with zero attached hydrogens (tertiary/aromatic N) is 1. The Morgan fingerprint density at radius 1 is 1.19 bits per heavy atom. The van der Waals surface area contributed by atoms with Gasteiger partial charge in [0.25, 0.3) is 0 Å². The summed E-state index contributed by atoms with van der Waals surface area (Å²) in [5.74, 6) is 0.522. The van der Waals surface area contributed by atoms with Crippen molar-refractivity contribution in [3.63, 3.8) is 0 Å². The highest BCUT2D eigenvalue weighted by molar-refractivity contribution is 7.99. The van der Waals surface area contributed by atoms with Crippen LogP contribution in [0.1, 0.15) is 12.0 Å². The highest BCUT2D eigenvalue weighted by Crippen LogP contribution is 2.21. The summed E-state index contributed by atoms with van der Waals surface area (Å²) < 4.78 is 25.1. The average Bonchev–Trinajstić information content (AvgIpc) is 2.60. The second-order valence-electron chi connectivity index (χ2n) is 6.11. The van der Waals surface area contributed by atoms with Crippen molar-refractivity contribution in [2.45, 2.75) is 18.2 Å². The number of amides is 1. The molecule has 0 bridgehead atoms. The molecule has 0 aromatic heterocycles. The first-order valence-electron chi connectivity index (χ1n) is 8.45. The maximum atomic E-state index is 12.2. The van der Waals surface area contributed by atoms with Crippen LogP contribution < -0.4 is 9.62 Å². The number of rotatable bonds is 9. The molecule has 0 aliphatic carbocycles. The molecule has 0 saturated heterocycles. The molecule has 1 N–H and O–H groups in total. The Labute approximate surface area is 170 Å². The summed E-state index contributed by atoms with van der Waals surface area (Å²) in [5, 5.41) is 3.19. The van der Waals surface area contributed by atoms with Crippen LogP contribution in [-0.4, -0.2) is 39.4 Å². The molecule has 0 saturated carbocycles. The molecule has 2 rings (SSSR count). The molecular weight excluding hydrogens is 404 g/mol. The highest BCUT2D eigenvalue weighted by Gasteiger charge is 2.20. The minimum Gasteiger partial charge on any atom is -0.354 e. The van der Waals surface area contributed by atoms with Crippen LogP contribution in [0.2, 0.25) is 5.02 Å². The van der Waals surface area contributed by atoms with Crippen LogP contribution in [0, 0.1) is 6.92 Å². The standard InChI is InChI=1S/C19H23ClN2O3S2/c1-15-7-9-18(10-8-15)26-12-4-11-21-19(23)14-22(27(2,24)25)17-6-3-5-16(20)13-17/h3,5-10,13H,4,11-12,14H2,1-2H3,(H,21,23). The van der Waals surface area contributed by atoms with Crippen LogP contribution in [-0.2, 0) is 14.8 Å². The lowest BCUT2D eigenvalue weighted by Crippen LogP contribution is -2.40. The number of aryl methyl sites for hydroxylation is 1. The van der Waals surface area contributed by atoms with Crippen LogP contribution in [0.3, 0.4) is 0 Å². The fourth-order valence-corrected chi connectivity index (χ4v) is 4.23. The molecule has 0 aliphatic rings. The summed E-state index contributed by atoms with van der Waals surface area (Å²) in [6.45, 7) is 2.27. The first kappa shape index (κ1) is 21.6. The highest BCUT2D eigenvalue weighted by atomic mass is 35.5. The molecule has 5 nitrogen and oxygen atoms in total. The van der Waals surface area contributed by atoms with Gasteiger partial charge in [0.1, 0.15) is 6.54 Å². The van der Waals surface area contributed by atoms with Crippen LogP contribution in [0.4, 0.5) is 5.69 Å². The van der Waals surface area contributed by atoms with Gasteiger partial charge in [-0.1, -0.05) is 35.4 Å². The summed E-state index contributed by atoms with van der Waals surface area (Å²) in [7, 11) is -3.59.